The van der Waals surface area contributed by atoms with Crippen LogP contribution in [0, 0.1) is 6.92 Å². The van der Waals surface area contributed by atoms with Gasteiger partial charge >= 0.3 is 5.97 Å². The highest BCUT2D eigenvalue weighted by Gasteiger charge is 2.19. The molecule has 0 fully saturated rings. The van der Waals surface area contributed by atoms with Gasteiger partial charge in [-0.05, 0) is 36.2 Å². The van der Waals surface area contributed by atoms with Crippen molar-refractivity contribution in [3.63, 3.8) is 0 Å². The number of sulfonamides is 1. The van der Waals surface area contributed by atoms with E-state index in [1.165, 1.54) is 18.2 Å². The van der Waals surface area contributed by atoms with Gasteiger partial charge in [-0.2, -0.15) is 0 Å². The van der Waals surface area contributed by atoms with Gasteiger partial charge in [-0.3, -0.25) is 4.72 Å². The van der Waals surface area contributed by atoms with Crippen LogP contribution in [-0.2, 0) is 10.0 Å². The topological polar surface area (TPSA) is 83.5 Å². The molecule has 132 valence electrons. The molecule has 0 aliphatic carbocycles. The molecule has 0 unspecified atom stereocenters. The number of carbonyl (C=O) groups is 1. The summed E-state index contributed by atoms with van der Waals surface area (Å²) in [5, 5.41) is 9.22. The Morgan fingerprint density at radius 2 is 1.58 bits per heavy atom. The maximum atomic E-state index is 12.8. The van der Waals surface area contributed by atoms with Crippen molar-refractivity contribution in [2.45, 2.75) is 11.8 Å². The molecule has 0 amide bonds. The van der Waals surface area contributed by atoms with Crippen LogP contribution in [0.4, 0.5) is 5.69 Å². The second kappa shape index (κ2) is 7.01. The first-order chi connectivity index (χ1) is 12.4. The molecule has 6 heteroatoms. The lowest BCUT2D eigenvalue weighted by atomic mass is 10.0. The minimum absolute atomic E-state index is 0.0378. The fraction of sp³-hybridized carbons (Fsp3) is 0.0500. The molecule has 0 spiro atoms. The summed E-state index contributed by atoms with van der Waals surface area (Å²) in [4.78, 5) is 11.2. The maximum Gasteiger partial charge on any atom is 0.335 e. The molecular formula is C20H17NO4S. The summed E-state index contributed by atoms with van der Waals surface area (Å²) in [5.41, 5.74) is 2.50. The van der Waals surface area contributed by atoms with Crippen molar-refractivity contribution in [2.24, 2.45) is 0 Å². The van der Waals surface area contributed by atoms with Crippen LogP contribution in [0.15, 0.2) is 77.7 Å². The number of aryl methyl sites for hydroxylation is 1. The van der Waals surface area contributed by atoms with Crippen LogP contribution in [0.1, 0.15) is 15.9 Å². The molecule has 3 aromatic carbocycles. The molecule has 26 heavy (non-hydrogen) atoms. The average Bonchev–Trinajstić information content (AvgIpc) is 2.62. The van der Waals surface area contributed by atoms with Crippen molar-refractivity contribution >= 4 is 21.7 Å². The van der Waals surface area contributed by atoms with Gasteiger partial charge in [0.15, 0.2) is 0 Å². The molecule has 3 rings (SSSR count). The van der Waals surface area contributed by atoms with E-state index in [2.05, 4.69) is 4.72 Å². The van der Waals surface area contributed by atoms with Crippen molar-refractivity contribution in [1.82, 2.24) is 0 Å². The number of carboxylic acids is 1. The SMILES string of the molecule is Cc1ccc(S(=O)(=O)Nc2ccccc2-c2ccccc2)cc1C(=O)O. The number of hydrogen-bond acceptors (Lipinski definition) is 3. The zero-order chi connectivity index (χ0) is 18.7. The number of anilines is 1. The molecule has 0 atom stereocenters. The van der Waals surface area contributed by atoms with E-state index in [9.17, 15) is 18.3 Å². The Hall–Kier alpha value is -3.12. The first-order valence-corrected chi connectivity index (χ1v) is 9.38. The van der Waals surface area contributed by atoms with Gasteiger partial charge < -0.3 is 5.11 Å². The predicted octanol–water partition coefficient (Wildman–Crippen LogP) is 4.16. The van der Waals surface area contributed by atoms with Crippen LogP contribution in [0.25, 0.3) is 11.1 Å². The fourth-order valence-electron chi connectivity index (χ4n) is 2.64. The summed E-state index contributed by atoms with van der Waals surface area (Å²) >= 11 is 0. The molecule has 0 saturated heterocycles. The molecular weight excluding hydrogens is 350 g/mol. The van der Waals surface area contributed by atoms with Crippen LogP contribution in [0.5, 0.6) is 0 Å². The maximum absolute atomic E-state index is 12.8. The largest absolute Gasteiger partial charge is 0.478 e. The Balaban J connectivity index is 2.02. The van der Waals surface area contributed by atoms with Crippen molar-refractivity contribution in [3.05, 3.63) is 83.9 Å². The van der Waals surface area contributed by atoms with Gasteiger partial charge in [0.2, 0.25) is 0 Å². The van der Waals surface area contributed by atoms with Crippen LogP contribution in [0.3, 0.4) is 0 Å². The van der Waals surface area contributed by atoms with E-state index in [4.69, 9.17) is 0 Å². The third-order valence-electron chi connectivity index (χ3n) is 4.01. The lowest BCUT2D eigenvalue weighted by Crippen LogP contribution is -2.15. The van der Waals surface area contributed by atoms with Gasteiger partial charge in [0.05, 0.1) is 16.1 Å². The fourth-order valence-corrected chi connectivity index (χ4v) is 3.75. The predicted molar refractivity (Wildman–Crippen MR) is 101 cm³/mol. The van der Waals surface area contributed by atoms with Gasteiger partial charge in [-0.25, -0.2) is 13.2 Å². The normalized spacial score (nSPS) is 11.1. The van der Waals surface area contributed by atoms with Crippen molar-refractivity contribution in [2.75, 3.05) is 4.72 Å². The second-order valence-corrected chi connectivity index (χ2v) is 7.48. The quantitative estimate of drug-likeness (QED) is 0.709. The van der Waals surface area contributed by atoms with Crippen LogP contribution < -0.4 is 4.72 Å². The van der Waals surface area contributed by atoms with E-state index in [1.807, 2.05) is 42.5 Å². The van der Waals surface area contributed by atoms with Gasteiger partial charge in [0.1, 0.15) is 0 Å². The summed E-state index contributed by atoms with van der Waals surface area (Å²) < 4.78 is 28.1. The molecule has 0 aliphatic rings. The lowest BCUT2D eigenvalue weighted by Gasteiger charge is -2.13. The first-order valence-electron chi connectivity index (χ1n) is 7.90. The van der Waals surface area contributed by atoms with E-state index in [1.54, 1.807) is 19.1 Å². The van der Waals surface area contributed by atoms with Crippen molar-refractivity contribution < 1.29 is 18.3 Å². The molecule has 0 saturated carbocycles. The third-order valence-corrected chi connectivity index (χ3v) is 5.37. The molecule has 3 aromatic rings. The highest BCUT2D eigenvalue weighted by Crippen LogP contribution is 2.29. The minimum atomic E-state index is -3.93. The summed E-state index contributed by atoms with van der Waals surface area (Å²) in [6.45, 7) is 1.62. The molecule has 0 aliphatic heterocycles. The third kappa shape index (κ3) is 3.60. The Morgan fingerprint density at radius 3 is 2.27 bits per heavy atom. The number of para-hydroxylation sites is 1. The Bertz CT molecular complexity index is 1060. The number of benzene rings is 3. The van der Waals surface area contributed by atoms with E-state index >= 15 is 0 Å². The van der Waals surface area contributed by atoms with E-state index < -0.39 is 16.0 Å². The Kier molecular flexibility index (Phi) is 4.77. The van der Waals surface area contributed by atoms with E-state index in [0.29, 0.717) is 11.3 Å². The number of carboxylic acid groups (broad SMARTS) is 1. The first kappa shape index (κ1) is 17.7. The lowest BCUT2D eigenvalue weighted by molar-refractivity contribution is 0.0696. The average molecular weight is 367 g/mol. The smallest absolute Gasteiger partial charge is 0.335 e. The highest BCUT2D eigenvalue weighted by atomic mass is 32.2. The Labute approximate surface area is 152 Å². The van der Waals surface area contributed by atoms with Gasteiger partial charge in [-0.15, -0.1) is 0 Å². The zero-order valence-electron chi connectivity index (χ0n) is 14.0. The van der Waals surface area contributed by atoms with E-state index in [-0.39, 0.29) is 10.5 Å². The van der Waals surface area contributed by atoms with E-state index in [0.717, 1.165) is 11.1 Å². The van der Waals surface area contributed by atoms with Crippen LogP contribution in [0.2, 0.25) is 0 Å². The number of aromatic carboxylic acids is 1. The monoisotopic (exact) mass is 367 g/mol. The molecule has 0 heterocycles. The highest BCUT2D eigenvalue weighted by molar-refractivity contribution is 7.92. The summed E-state index contributed by atoms with van der Waals surface area (Å²) in [5.74, 6) is -1.16. The van der Waals surface area contributed by atoms with Gasteiger partial charge in [-0.1, -0.05) is 54.6 Å². The second-order valence-electron chi connectivity index (χ2n) is 5.80. The standard InChI is InChI=1S/C20H17NO4S/c1-14-11-12-16(13-18(14)20(22)23)26(24,25)21-19-10-6-5-9-17(19)15-7-3-2-4-8-15/h2-13,21H,1H3,(H,22,23). The molecule has 0 aromatic heterocycles. The number of nitrogens with one attached hydrogen (secondary N) is 1. The van der Waals surface area contributed by atoms with Crippen LogP contribution >= 0.6 is 0 Å². The van der Waals surface area contributed by atoms with Crippen molar-refractivity contribution in [1.29, 1.82) is 0 Å². The number of hydrogen-bond donors (Lipinski definition) is 2. The summed E-state index contributed by atoms with van der Waals surface area (Å²) in [6.07, 6.45) is 0. The zero-order valence-corrected chi connectivity index (χ0v) is 14.8. The van der Waals surface area contributed by atoms with Crippen molar-refractivity contribution in [3.8, 4) is 11.1 Å². The summed E-state index contributed by atoms with van der Waals surface area (Å²) in [7, 11) is -3.93. The van der Waals surface area contributed by atoms with Gasteiger partial charge in [0, 0.05) is 5.56 Å². The Morgan fingerprint density at radius 1 is 0.923 bits per heavy atom. The van der Waals surface area contributed by atoms with Crippen LogP contribution in [-0.4, -0.2) is 19.5 Å². The molecule has 2 N–H and O–H groups in total. The molecule has 5 nitrogen and oxygen atoms in total. The molecule has 0 radical (unpaired) electrons. The summed E-state index contributed by atoms with van der Waals surface area (Å²) in [6, 6.07) is 20.5. The molecule has 0 bridgehead atoms. The van der Waals surface area contributed by atoms with Gasteiger partial charge in [0.25, 0.3) is 10.0 Å². The number of rotatable bonds is 5. The minimum Gasteiger partial charge on any atom is -0.478 e.